The second kappa shape index (κ2) is 6.50. The van der Waals surface area contributed by atoms with E-state index in [1.165, 1.54) is 0 Å². The van der Waals surface area contributed by atoms with Crippen molar-refractivity contribution < 1.29 is 9.90 Å². The Morgan fingerprint density at radius 2 is 2.00 bits per heavy atom. The molecule has 0 spiro atoms. The van der Waals surface area contributed by atoms with Gasteiger partial charge in [0, 0.05) is 30.3 Å². The Balaban J connectivity index is 3.07. The van der Waals surface area contributed by atoms with Crippen LogP contribution in [0.25, 0.3) is 0 Å². The summed E-state index contributed by atoms with van der Waals surface area (Å²) in [5, 5.41) is 8.91. The zero-order valence-corrected chi connectivity index (χ0v) is 12.3. The number of aliphatic carboxylic acids is 1. The van der Waals surface area contributed by atoms with Gasteiger partial charge < -0.3 is 10.0 Å². The van der Waals surface area contributed by atoms with Crippen molar-refractivity contribution in [3.05, 3.63) is 17.6 Å². The van der Waals surface area contributed by atoms with Gasteiger partial charge in [-0.2, -0.15) is 0 Å². The predicted molar refractivity (Wildman–Crippen MR) is 75.6 cm³/mol. The molecule has 5 nitrogen and oxygen atoms in total. The molecule has 1 aromatic heterocycles. The maximum absolute atomic E-state index is 10.8. The fourth-order valence-corrected chi connectivity index (χ4v) is 2.04. The Bertz CT molecular complexity index is 446. The molecule has 1 heterocycles. The first-order chi connectivity index (χ1) is 8.85. The van der Waals surface area contributed by atoms with Crippen LogP contribution in [0.5, 0.6) is 0 Å². The second-order valence-corrected chi connectivity index (χ2v) is 5.11. The van der Waals surface area contributed by atoms with Crippen molar-refractivity contribution in [3.8, 4) is 0 Å². The normalized spacial score (nSPS) is 12.5. The van der Waals surface area contributed by atoms with Gasteiger partial charge in [-0.1, -0.05) is 13.8 Å². The van der Waals surface area contributed by atoms with E-state index in [1.54, 1.807) is 0 Å². The van der Waals surface area contributed by atoms with Crippen LogP contribution >= 0.6 is 0 Å². The largest absolute Gasteiger partial charge is 0.481 e. The molecule has 1 N–H and O–H groups in total. The van der Waals surface area contributed by atoms with E-state index in [0.717, 1.165) is 23.9 Å². The van der Waals surface area contributed by atoms with Crippen molar-refractivity contribution in [1.82, 2.24) is 9.97 Å². The Labute approximate surface area is 114 Å². The number of nitrogens with zero attached hydrogens (tertiary/aromatic N) is 3. The Hall–Kier alpha value is -1.65. The number of aryl methyl sites for hydroxylation is 1. The van der Waals surface area contributed by atoms with Crippen molar-refractivity contribution >= 4 is 11.8 Å². The third-order valence-electron chi connectivity index (χ3n) is 3.01. The minimum atomic E-state index is -0.791. The van der Waals surface area contributed by atoms with E-state index in [1.807, 2.05) is 31.7 Å². The van der Waals surface area contributed by atoms with Crippen LogP contribution in [-0.2, 0) is 4.79 Å². The summed E-state index contributed by atoms with van der Waals surface area (Å²) in [5.41, 5.74) is 0.912. The van der Waals surface area contributed by atoms with Gasteiger partial charge in [0.1, 0.15) is 11.6 Å². The monoisotopic (exact) mass is 265 g/mol. The van der Waals surface area contributed by atoms with Crippen molar-refractivity contribution in [1.29, 1.82) is 0 Å². The number of hydrogen-bond acceptors (Lipinski definition) is 4. The van der Waals surface area contributed by atoms with E-state index >= 15 is 0 Å². The smallest absolute Gasteiger partial charge is 0.305 e. The zero-order valence-electron chi connectivity index (χ0n) is 12.3. The zero-order chi connectivity index (χ0) is 14.6. The van der Waals surface area contributed by atoms with Crippen LogP contribution in [0.2, 0.25) is 0 Å². The van der Waals surface area contributed by atoms with Gasteiger partial charge in [-0.05, 0) is 20.8 Å². The molecular formula is C14H23N3O2. The van der Waals surface area contributed by atoms with Gasteiger partial charge in [0.05, 0.1) is 6.42 Å². The highest BCUT2D eigenvalue weighted by molar-refractivity contribution is 5.68. The van der Waals surface area contributed by atoms with Gasteiger partial charge in [-0.15, -0.1) is 0 Å². The third kappa shape index (κ3) is 4.19. The number of rotatable bonds is 6. The van der Waals surface area contributed by atoms with Crippen LogP contribution < -0.4 is 4.90 Å². The molecule has 0 radical (unpaired) electrons. The first kappa shape index (κ1) is 15.4. The molecule has 0 aromatic carbocycles. The molecule has 106 valence electrons. The highest BCUT2D eigenvalue weighted by atomic mass is 16.4. The van der Waals surface area contributed by atoms with Crippen LogP contribution in [0.4, 0.5) is 5.82 Å². The molecule has 0 aliphatic carbocycles. The molecular weight excluding hydrogens is 242 g/mol. The minimum absolute atomic E-state index is 0.0863. The average molecular weight is 265 g/mol. The lowest BCUT2D eigenvalue weighted by molar-refractivity contribution is -0.137. The molecule has 5 heteroatoms. The van der Waals surface area contributed by atoms with E-state index in [4.69, 9.17) is 5.11 Å². The molecule has 0 aliphatic heterocycles. The topological polar surface area (TPSA) is 66.3 Å². The SMILES string of the molecule is CCN(c1cc(C)nc(C(C)C)n1)C(C)CC(=O)O. The van der Waals surface area contributed by atoms with Gasteiger partial charge in [0.2, 0.25) is 0 Å². The van der Waals surface area contributed by atoms with Gasteiger partial charge in [0.15, 0.2) is 0 Å². The van der Waals surface area contributed by atoms with Crippen molar-refractivity contribution in [2.75, 3.05) is 11.4 Å². The van der Waals surface area contributed by atoms with Crippen LogP contribution in [0.3, 0.4) is 0 Å². The standard InChI is InChI=1S/C14H23N3O2/c1-6-17(11(5)8-13(18)19)12-7-10(4)15-14(16-12)9(2)3/h7,9,11H,6,8H2,1-5H3,(H,18,19). The Morgan fingerprint density at radius 1 is 1.37 bits per heavy atom. The summed E-state index contributed by atoms with van der Waals surface area (Å²) in [7, 11) is 0. The summed E-state index contributed by atoms with van der Waals surface area (Å²) >= 11 is 0. The van der Waals surface area contributed by atoms with E-state index in [9.17, 15) is 4.79 Å². The first-order valence-electron chi connectivity index (χ1n) is 6.69. The number of carboxylic acids is 1. The lowest BCUT2D eigenvalue weighted by Crippen LogP contribution is -2.35. The van der Waals surface area contributed by atoms with Gasteiger partial charge in [0.25, 0.3) is 0 Å². The maximum Gasteiger partial charge on any atom is 0.305 e. The number of anilines is 1. The Kier molecular flexibility index (Phi) is 5.27. The summed E-state index contributed by atoms with van der Waals surface area (Å²) in [6, 6.07) is 1.82. The van der Waals surface area contributed by atoms with Crippen molar-refractivity contribution in [3.63, 3.8) is 0 Å². The second-order valence-electron chi connectivity index (χ2n) is 5.11. The molecule has 1 rings (SSSR count). The molecule has 0 saturated carbocycles. The van der Waals surface area contributed by atoms with Crippen LogP contribution in [0, 0.1) is 6.92 Å². The number of carboxylic acid groups (broad SMARTS) is 1. The highest BCUT2D eigenvalue weighted by Gasteiger charge is 2.18. The fraction of sp³-hybridized carbons (Fsp3) is 0.643. The fourth-order valence-electron chi connectivity index (χ4n) is 2.04. The maximum atomic E-state index is 10.8. The summed E-state index contributed by atoms with van der Waals surface area (Å²) in [4.78, 5) is 21.8. The Morgan fingerprint density at radius 3 is 2.47 bits per heavy atom. The van der Waals surface area contributed by atoms with Crippen LogP contribution in [0.15, 0.2) is 6.07 Å². The lowest BCUT2D eigenvalue weighted by Gasteiger charge is -2.28. The van der Waals surface area contributed by atoms with E-state index < -0.39 is 5.97 Å². The van der Waals surface area contributed by atoms with E-state index in [2.05, 4.69) is 23.8 Å². The van der Waals surface area contributed by atoms with Crippen molar-refractivity contribution in [2.24, 2.45) is 0 Å². The molecule has 0 bridgehead atoms. The highest BCUT2D eigenvalue weighted by Crippen LogP contribution is 2.20. The number of hydrogen-bond donors (Lipinski definition) is 1. The third-order valence-corrected chi connectivity index (χ3v) is 3.01. The molecule has 1 aromatic rings. The molecule has 1 unspecified atom stereocenters. The molecule has 0 saturated heterocycles. The molecule has 19 heavy (non-hydrogen) atoms. The van der Waals surface area contributed by atoms with Crippen molar-refractivity contribution in [2.45, 2.75) is 53.0 Å². The van der Waals surface area contributed by atoms with Gasteiger partial charge in [-0.3, -0.25) is 4.79 Å². The summed E-state index contributed by atoms with van der Waals surface area (Å²) in [6.07, 6.45) is 0.105. The van der Waals surface area contributed by atoms with Crippen LogP contribution in [0.1, 0.15) is 51.6 Å². The van der Waals surface area contributed by atoms with Gasteiger partial charge in [-0.25, -0.2) is 9.97 Å². The summed E-state index contributed by atoms with van der Waals surface area (Å²) in [6.45, 7) is 10.7. The lowest BCUT2D eigenvalue weighted by atomic mass is 10.2. The predicted octanol–water partition coefficient (Wildman–Crippen LogP) is 2.60. The van der Waals surface area contributed by atoms with Gasteiger partial charge >= 0.3 is 5.97 Å². The first-order valence-corrected chi connectivity index (χ1v) is 6.69. The summed E-state index contributed by atoms with van der Waals surface area (Å²) in [5.74, 6) is 1.08. The number of carbonyl (C=O) groups is 1. The van der Waals surface area contributed by atoms with Crippen LogP contribution in [-0.4, -0.2) is 33.6 Å². The van der Waals surface area contributed by atoms with E-state index in [0.29, 0.717) is 0 Å². The average Bonchev–Trinajstić information content (AvgIpc) is 2.27. The molecule has 0 amide bonds. The quantitative estimate of drug-likeness (QED) is 0.856. The molecule has 0 aliphatic rings. The molecule has 1 atom stereocenters. The summed E-state index contributed by atoms with van der Waals surface area (Å²) < 4.78 is 0. The van der Waals surface area contributed by atoms with E-state index in [-0.39, 0.29) is 18.4 Å². The number of aromatic nitrogens is 2. The minimum Gasteiger partial charge on any atom is -0.481 e. The molecule has 0 fully saturated rings.